The molecule has 6 heteroatoms. The van der Waals surface area contributed by atoms with Gasteiger partial charge in [0.25, 0.3) is 0 Å². The van der Waals surface area contributed by atoms with Gasteiger partial charge in [-0.05, 0) is 83.8 Å². The molecule has 27 heavy (non-hydrogen) atoms. The van der Waals surface area contributed by atoms with Gasteiger partial charge >= 0.3 is 0 Å². The van der Waals surface area contributed by atoms with Crippen molar-refractivity contribution in [1.29, 1.82) is 10.5 Å². The zero-order valence-electron chi connectivity index (χ0n) is 15.2. The van der Waals surface area contributed by atoms with Crippen LogP contribution in [0.5, 0.6) is 5.75 Å². The van der Waals surface area contributed by atoms with Crippen LogP contribution in [-0.2, 0) is 0 Å². The molecule has 0 radical (unpaired) electrons. The lowest BCUT2D eigenvalue weighted by atomic mass is 9.95. The molecule has 0 amide bonds. The van der Waals surface area contributed by atoms with Crippen molar-refractivity contribution in [2.24, 2.45) is 0 Å². The Morgan fingerprint density at radius 3 is 2.59 bits per heavy atom. The number of nitriles is 2. The number of aromatic nitrogens is 1. The third-order valence-electron chi connectivity index (χ3n) is 4.55. The zero-order valence-corrected chi connectivity index (χ0v) is 17.4. The highest BCUT2D eigenvalue weighted by Gasteiger charge is 2.29. The quantitative estimate of drug-likeness (QED) is 0.659. The number of nitrogens with two attached hydrogens (primary N) is 1. The van der Waals surface area contributed by atoms with Gasteiger partial charge in [-0.1, -0.05) is 6.07 Å². The van der Waals surface area contributed by atoms with Crippen molar-refractivity contribution < 1.29 is 4.74 Å². The Bertz CT molecular complexity index is 1100. The van der Waals surface area contributed by atoms with Gasteiger partial charge in [0.05, 0.1) is 27.0 Å². The topological polar surface area (TPSA) is 95.7 Å². The van der Waals surface area contributed by atoms with E-state index in [1.165, 1.54) is 0 Å². The maximum atomic E-state index is 9.62. The molecular formula is C21H17IN4O. The SMILES string of the molecule is CCOc1ccc(/C=C2/C(C)=C(C#N)c3nc(N)c(C#N)c(C)c32)cc1I. The zero-order chi connectivity index (χ0) is 19.7. The van der Waals surface area contributed by atoms with Crippen LogP contribution in [-0.4, -0.2) is 11.6 Å². The minimum atomic E-state index is 0.158. The van der Waals surface area contributed by atoms with Crippen LogP contribution < -0.4 is 10.5 Å². The number of anilines is 1. The van der Waals surface area contributed by atoms with Crippen LogP contribution in [0.25, 0.3) is 17.2 Å². The maximum Gasteiger partial charge on any atom is 0.142 e. The van der Waals surface area contributed by atoms with Crippen LogP contribution in [0, 0.1) is 33.2 Å². The summed E-state index contributed by atoms with van der Waals surface area (Å²) < 4.78 is 6.60. The van der Waals surface area contributed by atoms with E-state index in [0.29, 0.717) is 23.4 Å². The number of ether oxygens (including phenoxy) is 1. The van der Waals surface area contributed by atoms with Crippen molar-refractivity contribution in [2.75, 3.05) is 12.3 Å². The highest BCUT2D eigenvalue weighted by atomic mass is 127. The number of nitrogens with zero attached hydrogens (tertiary/aromatic N) is 3. The summed E-state index contributed by atoms with van der Waals surface area (Å²) in [6.45, 7) is 6.31. The third-order valence-corrected chi connectivity index (χ3v) is 5.39. The summed E-state index contributed by atoms with van der Waals surface area (Å²) in [6, 6.07) is 10.3. The van der Waals surface area contributed by atoms with Gasteiger partial charge in [0.2, 0.25) is 0 Å². The molecule has 3 rings (SSSR count). The van der Waals surface area contributed by atoms with Gasteiger partial charge in [-0.3, -0.25) is 0 Å². The number of hydrogen-bond donors (Lipinski definition) is 1. The van der Waals surface area contributed by atoms with E-state index < -0.39 is 0 Å². The average molecular weight is 468 g/mol. The van der Waals surface area contributed by atoms with E-state index in [4.69, 9.17) is 10.5 Å². The molecule has 1 aliphatic carbocycles. The number of hydrogen-bond acceptors (Lipinski definition) is 5. The molecule has 2 aromatic rings. The Morgan fingerprint density at radius 2 is 2.00 bits per heavy atom. The van der Waals surface area contributed by atoms with Crippen LogP contribution in [0.4, 0.5) is 5.82 Å². The molecule has 1 aromatic carbocycles. The molecule has 0 unspecified atom stereocenters. The molecule has 1 heterocycles. The van der Waals surface area contributed by atoms with Gasteiger partial charge in [0.15, 0.2) is 0 Å². The smallest absolute Gasteiger partial charge is 0.142 e. The second-order valence-corrected chi connectivity index (χ2v) is 7.29. The standard InChI is InChI=1S/C21H17IN4O/c1-4-27-18-6-5-13(8-17(18)22)7-14-11(2)15(9-23)20-19(14)12(3)16(10-24)21(25)26-20/h5-8H,4H2,1-3H3,(H2,25,26)/b14-7-. The lowest BCUT2D eigenvalue weighted by molar-refractivity contribution is 0.338. The van der Waals surface area contributed by atoms with Crippen molar-refractivity contribution >= 4 is 45.6 Å². The summed E-state index contributed by atoms with van der Waals surface area (Å²) in [5, 5.41) is 19.0. The first-order valence-corrected chi connectivity index (χ1v) is 9.47. The van der Waals surface area contributed by atoms with Gasteiger partial charge in [-0.2, -0.15) is 10.5 Å². The Labute approximate surface area is 171 Å². The predicted molar refractivity (Wildman–Crippen MR) is 115 cm³/mol. The van der Waals surface area contributed by atoms with E-state index >= 15 is 0 Å². The first-order valence-electron chi connectivity index (χ1n) is 8.39. The van der Waals surface area contributed by atoms with E-state index in [2.05, 4.69) is 39.7 Å². The highest BCUT2D eigenvalue weighted by molar-refractivity contribution is 14.1. The molecule has 0 fully saturated rings. The minimum absolute atomic E-state index is 0.158. The van der Waals surface area contributed by atoms with E-state index in [-0.39, 0.29) is 5.82 Å². The lowest BCUT2D eigenvalue weighted by Gasteiger charge is -2.11. The summed E-state index contributed by atoms with van der Waals surface area (Å²) in [5.41, 5.74) is 11.6. The van der Waals surface area contributed by atoms with Gasteiger partial charge in [-0.15, -0.1) is 0 Å². The summed E-state index contributed by atoms with van der Waals surface area (Å²) in [5.74, 6) is 1.00. The molecule has 1 aromatic heterocycles. The second-order valence-electron chi connectivity index (χ2n) is 6.13. The Balaban J connectivity index is 2.23. The fourth-order valence-corrected chi connectivity index (χ4v) is 3.94. The van der Waals surface area contributed by atoms with Crippen molar-refractivity contribution in [3.63, 3.8) is 0 Å². The predicted octanol–water partition coefficient (Wildman–Crippen LogP) is 4.70. The van der Waals surface area contributed by atoms with Crippen LogP contribution in [0.3, 0.4) is 0 Å². The molecule has 0 atom stereocenters. The molecular weight excluding hydrogens is 451 g/mol. The van der Waals surface area contributed by atoms with Crippen molar-refractivity contribution in [3.8, 4) is 17.9 Å². The first kappa shape index (κ1) is 18.9. The van der Waals surface area contributed by atoms with Crippen LogP contribution in [0.2, 0.25) is 0 Å². The van der Waals surface area contributed by atoms with E-state index in [1.807, 2.05) is 45.0 Å². The van der Waals surface area contributed by atoms with Gasteiger partial charge in [0, 0.05) is 5.56 Å². The lowest BCUT2D eigenvalue weighted by Crippen LogP contribution is -2.03. The van der Waals surface area contributed by atoms with Crippen molar-refractivity contribution in [1.82, 2.24) is 4.98 Å². The molecule has 134 valence electrons. The van der Waals surface area contributed by atoms with Crippen LogP contribution in [0.1, 0.15) is 41.8 Å². The Morgan fingerprint density at radius 1 is 1.26 bits per heavy atom. The van der Waals surface area contributed by atoms with Crippen LogP contribution in [0.15, 0.2) is 23.8 Å². The number of nitrogen functional groups attached to an aromatic ring is 1. The number of fused-ring (bicyclic) bond motifs is 1. The maximum absolute atomic E-state index is 9.62. The van der Waals surface area contributed by atoms with Gasteiger partial charge < -0.3 is 10.5 Å². The van der Waals surface area contributed by atoms with Crippen molar-refractivity contribution in [2.45, 2.75) is 20.8 Å². The van der Waals surface area contributed by atoms with Gasteiger partial charge in [-0.25, -0.2) is 4.98 Å². The Kier molecular flexibility index (Phi) is 5.20. The molecule has 1 aliphatic rings. The third kappa shape index (κ3) is 3.17. The highest BCUT2D eigenvalue weighted by Crippen LogP contribution is 2.44. The fraction of sp³-hybridized carbons (Fsp3) is 0.190. The normalized spacial score (nSPS) is 14.1. The number of pyridine rings is 1. The van der Waals surface area contributed by atoms with Crippen LogP contribution >= 0.6 is 22.6 Å². The number of rotatable bonds is 3. The second kappa shape index (κ2) is 7.42. The molecule has 0 bridgehead atoms. The Hall–Kier alpha value is -2.84. The summed E-state index contributed by atoms with van der Waals surface area (Å²) in [4.78, 5) is 4.35. The molecule has 5 nitrogen and oxygen atoms in total. The molecule has 0 spiro atoms. The van der Waals surface area contributed by atoms with E-state index in [1.54, 1.807) is 0 Å². The molecule has 0 saturated carbocycles. The van der Waals surface area contributed by atoms with Gasteiger partial charge in [0.1, 0.15) is 23.7 Å². The number of halogens is 1. The summed E-state index contributed by atoms with van der Waals surface area (Å²) in [7, 11) is 0. The minimum Gasteiger partial charge on any atom is -0.493 e. The molecule has 2 N–H and O–H groups in total. The monoisotopic (exact) mass is 468 g/mol. The summed E-state index contributed by atoms with van der Waals surface area (Å²) >= 11 is 2.24. The van der Waals surface area contributed by atoms with Crippen molar-refractivity contribution in [3.05, 3.63) is 55.3 Å². The average Bonchev–Trinajstić information content (AvgIpc) is 2.89. The number of benzene rings is 1. The first-order chi connectivity index (χ1) is 12.9. The number of allylic oxidation sites excluding steroid dienone is 3. The van der Waals surface area contributed by atoms with E-state index in [0.717, 1.165) is 37.2 Å². The van der Waals surface area contributed by atoms with E-state index in [9.17, 15) is 10.5 Å². The molecule has 0 saturated heterocycles. The fourth-order valence-electron chi connectivity index (χ4n) is 3.24. The largest absolute Gasteiger partial charge is 0.493 e. The summed E-state index contributed by atoms with van der Waals surface area (Å²) in [6.07, 6.45) is 2.02. The molecule has 0 aliphatic heterocycles.